The van der Waals surface area contributed by atoms with Crippen LogP contribution in [0.4, 0.5) is 10.5 Å². The van der Waals surface area contributed by atoms with E-state index >= 15 is 0 Å². The van der Waals surface area contributed by atoms with E-state index < -0.39 is 6.09 Å². The van der Waals surface area contributed by atoms with E-state index in [-0.39, 0.29) is 18.9 Å². The van der Waals surface area contributed by atoms with E-state index in [0.717, 1.165) is 0 Å². The van der Waals surface area contributed by atoms with Gasteiger partial charge in [0.2, 0.25) is 5.91 Å². The van der Waals surface area contributed by atoms with E-state index in [2.05, 4.69) is 20.6 Å². The van der Waals surface area contributed by atoms with Gasteiger partial charge in [-0.25, -0.2) is 10.2 Å². The summed E-state index contributed by atoms with van der Waals surface area (Å²) in [6, 6.07) is 6.92. The van der Waals surface area contributed by atoms with Gasteiger partial charge in [0.25, 0.3) is 0 Å². The predicted molar refractivity (Wildman–Crippen MR) is 78.0 cm³/mol. The zero-order valence-electron chi connectivity index (χ0n) is 11.3. The van der Waals surface area contributed by atoms with Crippen molar-refractivity contribution in [3.63, 3.8) is 0 Å². The van der Waals surface area contributed by atoms with Crippen molar-refractivity contribution in [3.05, 3.63) is 29.3 Å². The summed E-state index contributed by atoms with van der Waals surface area (Å²) in [4.78, 5) is 22.8. The van der Waals surface area contributed by atoms with Gasteiger partial charge in [-0.05, 0) is 26.0 Å². The molecule has 0 aliphatic carbocycles. The van der Waals surface area contributed by atoms with Gasteiger partial charge in [0.1, 0.15) is 0 Å². The van der Waals surface area contributed by atoms with Crippen LogP contribution in [0.1, 0.15) is 20.3 Å². The summed E-state index contributed by atoms with van der Waals surface area (Å²) in [5.41, 5.74) is 3.16. The molecule has 7 heteroatoms. The maximum absolute atomic E-state index is 11.8. The summed E-state index contributed by atoms with van der Waals surface area (Å²) in [5, 5.41) is 6.86. The van der Waals surface area contributed by atoms with E-state index in [1.807, 2.05) is 0 Å². The number of hydrazone groups is 1. The first-order valence-corrected chi connectivity index (χ1v) is 6.41. The lowest BCUT2D eigenvalue weighted by Gasteiger charge is -2.07. The number of carbonyl (C=O) groups excluding carboxylic acids is 2. The second-order valence-electron chi connectivity index (χ2n) is 3.88. The van der Waals surface area contributed by atoms with E-state index in [0.29, 0.717) is 16.4 Å². The molecule has 0 aliphatic heterocycles. The molecule has 0 heterocycles. The lowest BCUT2D eigenvalue weighted by atomic mass is 10.2. The van der Waals surface area contributed by atoms with Crippen LogP contribution >= 0.6 is 11.6 Å². The number of para-hydroxylation sites is 1. The van der Waals surface area contributed by atoms with Crippen molar-refractivity contribution < 1.29 is 14.3 Å². The van der Waals surface area contributed by atoms with Crippen molar-refractivity contribution >= 4 is 35.0 Å². The maximum Gasteiger partial charge on any atom is 0.427 e. The highest BCUT2D eigenvalue weighted by Crippen LogP contribution is 2.20. The van der Waals surface area contributed by atoms with Crippen molar-refractivity contribution in [1.82, 2.24) is 5.43 Å². The van der Waals surface area contributed by atoms with Gasteiger partial charge in [0.05, 0.1) is 23.7 Å². The highest BCUT2D eigenvalue weighted by molar-refractivity contribution is 6.33. The molecule has 0 unspecified atom stereocenters. The first kappa shape index (κ1) is 16.0. The van der Waals surface area contributed by atoms with E-state index in [4.69, 9.17) is 11.6 Å². The highest BCUT2D eigenvalue weighted by Gasteiger charge is 2.07. The number of hydrogen-bond donors (Lipinski definition) is 2. The molecule has 0 spiro atoms. The van der Waals surface area contributed by atoms with Crippen LogP contribution in [0.25, 0.3) is 0 Å². The maximum atomic E-state index is 11.8. The molecule has 0 aliphatic rings. The molecule has 0 bridgehead atoms. The van der Waals surface area contributed by atoms with Gasteiger partial charge in [-0.3, -0.25) is 4.79 Å². The standard InChI is InChI=1S/C13H16ClN3O3/c1-3-20-13(19)17-16-9(2)8-12(18)15-11-7-5-4-6-10(11)14/h4-7H,3,8H2,1-2H3,(H,15,18)(H,17,19). The zero-order chi connectivity index (χ0) is 15.0. The summed E-state index contributed by atoms with van der Waals surface area (Å²) in [6.07, 6.45) is -0.615. The first-order chi connectivity index (χ1) is 9.52. The van der Waals surface area contributed by atoms with Crippen LogP contribution < -0.4 is 10.7 Å². The fraction of sp³-hybridized carbons (Fsp3) is 0.308. The van der Waals surface area contributed by atoms with Gasteiger partial charge in [-0.2, -0.15) is 5.10 Å². The number of ether oxygens (including phenoxy) is 1. The Labute approximate surface area is 122 Å². The minimum atomic E-state index is -0.654. The number of carbonyl (C=O) groups is 2. The Morgan fingerprint density at radius 2 is 2.05 bits per heavy atom. The number of nitrogens with one attached hydrogen (secondary N) is 2. The van der Waals surface area contributed by atoms with Gasteiger partial charge >= 0.3 is 6.09 Å². The molecule has 0 saturated carbocycles. The van der Waals surface area contributed by atoms with Gasteiger partial charge in [0.15, 0.2) is 0 Å². The number of rotatable bonds is 5. The third-order valence-corrected chi connectivity index (χ3v) is 2.51. The van der Waals surface area contributed by atoms with Gasteiger partial charge in [-0.1, -0.05) is 23.7 Å². The first-order valence-electron chi connectivity index (χ1n) is 6.03. The Kier molecular flexibility index (Phi) is 6.52. The fourth-order valence-corrected chi connectivity index (χ4v) is 1.52. The highest BCUT2D eigenvalue weighted by atomic mass is 35.5. The van der Waals surface area contributed by atoms with Crippen LogP contribution in [0.15, 0.2) is 29.4 Å². The molecule has 0 aromatic heterocycles. The van der Waals surface area contributed by atoms with Crippen molar-refractivity contribution in [2.75, 3.05) is 11.9 Å². The molecule has 20 heavy (non-hydrogen) atoms. The number of halogens is 1. The average molecular weight is 298 g/mol. The molecule has 2 amide bonds. The second-order valence-corrected chi connectivity index (χ2v) is 4.29. The largest absolute Gasteiger partial charge is 0.449 e. The molecule has 108 valence electrons. The van der Waals surface area contributed by atoms with Crippen LogP contribution in [0.5, 0.6) is 0 Å². The van der Waals surface area contributed by atoms with Crippen molar-refractivity contribution in [2.24, 2.45) is 5.10 Å². The Balaban J connectivity index is 2.48. The Hall–Kier alpha value is -2.08. The zero-order valence-corrected chi connectivity index (χ0v) is 12.0. The van der Waals surface area contributed by atoms with Crippen LogP contribution in [0.2, 0.25) is 5.02 Å². The molecule has 0 saturated heterocycles. The summed E-state index contributed by atoms with van der Waals surface area (Å²) < 4.78 is 4.63. The average Bonchev–Trinajstić information content (AvgIpc) is 2.39. The monoisotopic (exact) mass is 297 g/mol. The molecule has 0 atom stereocenters. The second kappa shape index (κ2) is 8.16. The van der Waals surface area contributed by atoms with Crippen molar-refractivity contribution in [1.29, 1.82) is 0 Å². The molecule has 2 N–H and O–H groups in total. The van der Waals surface area contributed by atoms with Gasteiger partial charge in [0, 0.05) is 5.71 Å². The molecule has 1 rings (SSSR count). The Morgan fingerprint density at radius 1 is 1.35 bits per heavy atom. The molecular formula is C13H16ClN3O3. The van der Waals surface area contributed by atoms with Crippen LogP contribution in [0, 0.1) is 0 Å². The SMILES string of the molecule is CCOC(=O)NN=C(C)CC(=O)Nc1ccccc1Cl. The minimum absolute atomic E-state index is 0.0393. The van der Waals surface area contributed by atoms with Crippen LogP contribution in [-0.4, -0.2) is 24.3 Å². The van der Waals surface area contributed by atoms with Crippen molar-refractivity contribution in [3.8, 4) is 0 Å². The number of amides is 2. The quantitative estimate of drug-likeness (QED) is 0.648. The third-order valence-electron chi connectivity index (χ3n) is 2.18. The molecular weight excluding hydrogens is 282 g/mol. The number of nitrogens with zero attached hydrogens (tertiary/aromatic N) is 1. The van der Waals surface area contributed by atoms with E-state index in [9.17, 15) is 9.59 Å². The molecule has 1 aromatic rings. The third kappa shape index (κ3) is 5.71. The Morgan fingerprint density at radius 3 is 2.70 bits per heavy atom. The number of hydrogen-bond acceptors (Lipinski definition) is 4. The molecule has 6 nitrogen and oxygen atoms in total. The van der Waals surface area contributed by atoms with E-state index in [1.165, 1.54) is 0 Å². The lowest BCUT2D eigenvalue weighted by Crippen LogP contribution is -2.22. The predicted octanol–water partition coefficient (Wildman–Crippen LogP) is 2.79. The number of benzene rings is 1. The number of anilines is 1. The molecule has 1 aromatic carbocycles. The van der Waals surface area contributed by atoms with E-state index in [1.54, 1.807) is 38.1 Å². The van der Waals surface area contributed by atoms with Crippen LogP contribution in [-0.2, 0) is 9.53 Å². The Bertz CT molecular complexity index is 517. The molecule has 0 fully saturated rings. The topological polar surface area (TPSA) is 79.8 Å². The summed E-state index contributed by atoms with van der Waals surface area (Å²) in [5.74, 6) is -0.273. The van der Waals surface area contributed by atoms with Crippen LogP contribution in [0.3, 0.4) is 0 Å². The summed E-state index contributed by atoms with van der Waals surface area (Å²) >= 11 is 5.92. The van der Waals surface area contributed by atoms with Gasteiger partial charge < -0.3 is 10.1 Å². The molecule has 0 radical (unpaired) electrons. The summed E-state index contributed by atoms with van der Waals surface area (Å²) in [7, 11) is 0. The lowest BCUT2D eigenvalue weighted by molar-refractivity contribution is -0.115. The fourth-order valence-electron chi connectivity index (χ4n) is 1.33. The normalized spacial score (nSPS) is 10.8. The minimum Gasteiger partial charge on any atom is -0.449 e. The van der Waals surface area contributed by atoms with Crippen molar-refractivity contribution in [2.45, 2.75) is 20.3 Å². The summed E-state index contributed by atoms with van der Waals surface area (Å²) in [6.45, 7) is 3.57. The van der Waals surface area contributed by atoms with Gasteiger partial charge in [-0.15, -0.1) is 0 Å². The smallest absolute Gasteiger partial charge is 0.427 e.